The van der Waals surface area contributed by atoms with Crippen LogP contribution in [0.15, 0.2) is 46.7 Å². The van der Waals surface area contributed by atoms with Crippen LogP contribution in [0.2, 0.25) is 0 Å². The fraction of sp³-hybridized carbons (Fsp3) is 0.0769. The minimum Gasteiger partial charge on any atom is -0.457 e. The molecule has 0 fully saturated rings. The predicted molar refractivity (Wildman–Crippen MR) is 70.4 cm³/mol. The van der Waals surface area contributed by atoms with Gasteiger partial charge in [-0.15, -0.1) is 0 Å². The lowest BCUT2D eigenvalue weighted by atomic mass is 9.98. The van der Waals surface area contributed by atoms with Gasteiger partial charge in [0, 0.05) is 5.56 Å². The molecular weight excluding hydrogens is 242 g/mol. The van der Waals surface area contributed by atoms with Gasteiger partial charge in [-0.2, -0.15) is 10.3 Å². The first-order valence-corrected chi connectivity index (χ1v) is 5.64. The van der Waals surface area contributed by atoms with Crippen molar-refractivity contribution < 1.29 is 4.74 Å². The van der Waals surface area contributed by atoms with Crippen molar-refractivity contribution in [2.75, 3.05) is 0 Å². The van der Waals surface area contributed by atoms with E-state index in [1.165, 1.54) is 0 Å². The van der Waals surface area contributed by atoms with Gasteiger partial charge in [0.05, 0.1) is 0 Å². The summed E-state index contributed by atoms with van der Waals surface area (Å²) in [6.45, 7) is 0. The average Bonchev–Trinajstić information content (AvgIpc) is 2.38. The maximum absolute atomic E-state index is 9.26. The Labute approximate surface area is 109 Å². The number of nitriles is 1. The molecule has 0 bridgehead atoms. The zero-order chi connectivity index (χ0) is 13.5. The molecule has 0 aliphatic carbocycles. The Morgan fingerprint density at radius 2 is 2.11 bits per heavy atom. The van der Waals surface area contributed by atoms with E-state index in [0.717, 1.165) is 5.56 Å². The summed E-state index contributed by atoms with van der Waals surface area (Å²) >= 11 is 0. The van der Waals surface area contributed by atoms with Gasteiger partial charge in [0.25, 0.3) is 5.72 Å². The predicted octanol–water partition coefficient (Wildman–Crippen LogP) is 0.400. The highest BCUT2D eigenvalue weighted by molar-refractivity contribution is 5.83. The van der Waals surface area contributed by atoms with Crippen molar-refractivity contribution in [3.05, 3.63) is 47.3 Å². The first-order chi connectivity index (χ1) is 9.14. The Bertz CT molecular complexity index is 683. The molecule has 0 radical (unpaired) electrons. The van der Waals surface area contributed by atoms with E-state index in [1.807, 2.05) is 30.3 Å². The average molecular weight is 253 g/mol. The summed E-state index contributed by atoms with van der Waals surface area (Å²) in [6, 6.07) is 9.48. The van der Waals surface area contributed by atoms with Gasteiger partial charge in [0.15, 0.2) is 5.96 Å². The number of para-hydroxylation sites is 1. The highest BCUT2D eigenvalue weighted by atomic mass is 16.5. The third-order valence-electron chi connectivity index (χ3n) is 2.96. The Balaban J connectivity index is 2.16. The van der Waals surface area contributed by atoms with Gasteiger partial charge in [-0.3, -0.25) is 0 Å². The SMILES string of the molecule is N#CC1=C(N)NC(N)=NC12C=Cc1ccccc1O2. The molecule has 94 valence electrons. The number of hydrogen-bond acceptors (Lipinski definition) is 6. The van der Waals surface area contributed by atoms with Crippen molar-refractivity contribution in [1.29, 1.82) is 5.26 Å². The number of fused-ring (bicyclic) bond motifs is 1. The number of nitrogens with zero attached hydrogens (tertiary/aromatic N) is 2. The Kier molecular flexibility index (Phi) is 2.22. The van der Waals surface area contributed by atoms with Crippen LogP contribution >= 0.6 is 0 Å². The Hall–Kier alpha value is -2.94. The van der Waals surface area contributed by atoms with Crippen molar-refractivity contribution in [3.8, 4) is 11.8 Å². The van der Waals surface area contributed by atoms with Crippen molar-refractivity contribution in [1.82, 2.24) is 5.32 Å². The van der Waals surface area contributed by atoms with Gasteiger partial charge in [-0.1, -0.05) is 18.2 Å². The van der Waals surface area contributed by atoms with E-state index in [-0.39, 0.29) is 17.4 Å². The molecule has 6 nitrogen and oxygen atoms in total. The Morgan fingerprint density at radius 3 is 2.89 bits per heavy atom. The highest BCUT2D eigenvalue weighted by Crippen LogP contribution is 2.37. The van der Waals surface area contributed by atoms with E-state index in [1.54, 1.807) is 12.1 Å². The summed E-state index contributed by atoms with van der Waals surface area (Å²) in [5.41, 5.74) is 11.3. The molecule has 1 spiro atoms. The first-order valence-electron chi connectivity index (χ1n) is 5.64. The summed E-state index contributed by atoms with van der Waals surface area (Å²) in [7, 11) is 0. The van der Waals surface area contributed by atoms with Crippen LogP contribution in [0.4, 0.5) is 0 Å². The van der Waals surface area contributed by atoms with Crippen LogP contribution < -0.4 is 21.5 Å². The maximum atomic E-state index is 9.26. The molecule has 0 saturated carbocycles. The number of aliphatic imine (C=N–C) groups is 1. The van der Waals surface area contributed by atoms with Crippen molar-refractivity contribution in [3.63, 3.8) is 0 Å². The third-order valence-corrected chi connectivity index (χ3v) is 2.96. The molecule has 2 aliphatic rings. The van der Waals surface area contributed by atoms with Crippen LogP contribution in [0.1, 0.15) is 5.56 Å². The summed E-state index contributed by atoms with van der Waals surface area (Å²) < 4.78 is 5.85. The minimum atomic E-state index is -1.28. The monoisotopic (exact) mass is 253 g/mol. The molecule has 0 saturated heterocycles. The van der Waals surface area contributed by atoms with Crippen molar-refractivity contribution in [2.45, 2.75) is 5.72 Å². The molecule has 0 aromatic heterocycles. The van der Waals surface area contributed by atoms with Gasteiger partial charge >= 0.3 is 0 Å². The van der Waals surface area contributed by atoms with E-state index in [9.17, 15) is 5.26 Å². The van der Waals surface area contributed by atoms with Crippen LogP contribution in [-0.4, -0.2) is 11.7 Å². The fourth-order valence-electron chi connectivity index (χ4n) is 2.11. The molecule has 1 aromatic carbocycles. The van der Waals surface area contributed by atoms with Crippen molar-refractivity contribution in [2.24, 2.45) is 16.5 Å². The van der Waals surface area contributed by atoms with E-state index in [4.69, 9.17) is 16.2 Å². The summed E-state index contributed by atoms with van der Waals surface area (Å²) in [6.07, 6.45) is 3.51. The number of ether oxygens (including phenoxy) is 1. The zero-order valence-electron chi connectivity index (χ0n) is 9.92. The Morgan fingerprint density at radius 1 is 1.32 bits per heavy atom. The molecule has 6 heteroatoms. The molecule has 5 N–H and O–H groups in total. The topological polar surface area (TPSA) is 109 Å². The van der Waals surface area contributed by atoms with Gasteiger partial charge < -0.3 is 21.5 Å². The molecule has 19 heavy (non-hydrogen) atoms. The normalized spacial score (nSPS) is 24.1. The van der Waals surface area contributed by atoms with Gasteiger partial charge in [0.1, 0.15) is 23.2 Å². The number of rotatable bonds is 0. The van der Waals surface area contributed by atoms with E-state index < -0.39 is 5.72 Å². The van der Waals surface area contributed by atoms with Gasteiger partial charge in [-0.05, 0) is 18.2 Å². The van der Waals surface area contributed by atoms with Crippen LogP contribution in [0, 0.1) is 11.3 Å². The van der Waals surface area contributed by atoms with Gasteiger partial charge in [0.2, 0.25) is 0 Å². The number of nitrogens with two attached hydrogens (primary N) is 2. The largest absolute Gasteiger partial charge is 0.457 e. The lowest BCUT2D eigenvalue weighted by molar-refractivity contribution is 0.166. The first kappa shape index (κ1) is 11.2. The molecule has 1 atom stereocenters. The molecule has 2 aliphatic heterocycles. The molecule has 2 heterocycles. The lowest BCUT2D eigenvalue weighted by Gasteiger charge is -2.34. The highest BCUT2D eigenvalue weighted by Gasteiger charge is 2.41. The van der Waals surface area contributed by atoms with Gasteiger partial charge in [-0.25, -0.2) is 0 Å². The second-order valence-corrected chi connectivity index (χ2v) is 4.19. The number of nitrogens with one attached hydrogen (secondary N) is 1. The zero-order valence-corrected chi connectivity index (χ0v) is 9.92. The lowest BCUT2D eigenvalue weighted by Crippen LogP contribution is -2.49. The van der Waals surface area contributed by atoms with Crippen LogP contribution in [-0.2, 0) is 0 Å². The third kappa shape index (κ3) is 1.60. The quantitative estimate of drug-likeness (QED) is 0.620. The summed E-state index contributed by atoms with van der Waals surface area (Å²) in [5.74, 6) is 0.892. The molecular formula is C13H11N5O. The van der Waals surface area contributed by atoms with E-state index in [2.05, 4.69) is 10.3 Å². The minimum absolute atomic E-state index is 0.112. The van der Waals surface area contributed by atoms with Crippen LogP contribution in [0.3, 0.4) is 0 Å². The van der Waals surface area contributed by atoms with Crippen LogP contribution in [0.5, 0.6) is 5.75 Å². The summed E-state index contributed by atoms with van der Waals surface area (Å²) in [5, 5.41) is 11.9. The molecule has 1 unspecified atom stereocenters. The van der Waals surface area contributed by atoms with Crippen LogP contribution in [0.25, 0.3) is 6.08 Å². The fourth-order valence-corrected chi connectivity index (χ4v) is 2.11. The second-order valence-electron chi connectivity index (χ2n) is 4.19. The molecule has 1 aromatic rings. The molecule has 3 rings (SSSR count). The van der Waals surface area contributed by atoms with E-state index >= 15 is 0 Å². The molecule has 0 amide bonds. The smallest absolute Gasteiger partial charge is 0.262 e. The summed E-state index contributed by atoms with van der Waals surface area (Å²) in [4.78, 5) is 4.19. The second kappa shape index (κ2) is 3.78. The standard InChI is InChI=1S/C13H11N5O/c14-7-9-11(15)17-12(16)18-13(9)6-5-8-3-1-2-4-10(8)19-13/h1-6H,15H2,(H3,16,17,18). The number of benzene rings is 1. The number of guanidine groups is 1. The van der Waals surface area contributed by atoms with Crippen molar-refractivity contribution >= 4 is 12.0 Å². The van der Waals surface area contributed by atoms with E-state index in [0.29, 0.717) is 5.75 Å². The maximum Gasteiger partial charge on any atom is 0.262 e. The number of hydrogen-bond donors (Lipinski definition) is 3.